The minimum absolute atomic E-state index is 0.183. The van der Waals surface area contributed by atoms with Crippen molar-refractivity contribution in [2.24, 2.45) is 5.73 Å². The van der Waals surface area contributed by atoms with Crippen LogP contribution in [0.25, 0.3) is 0 Å². The van der Waals surface area contributed by atoms with E-state index in [1.807, 2.05) is 0 Å². The number of nitrogens with two attached hydrogens (primary N) is 1. The summed E-state index contributed by atoms with van der Waals surface area (Å²) in [5.74, 6) is 0. The molecule has 0 spiro atoms. The van der Waals surface area contributed by atoms with Gasteiger partial charge in [0.1, 0.15) is 0 Å². The fourth-order valence-electron chi connectivity index (χ4n) is 1.48. The van der Waals surface area contributed by atoms with Crippen molar-refractivity contribution < 1.29 is 0 Å². The molecule has 0 radical (unpaired) electrons. The maximum atomic E-state index is 6.05. The van der Waals surface area contributed by atoms with Crippen molar-refractivity contribution in [1.29, 1.82) is 0 Å². The maximum Gasteiger partial charge on any atom is 0.0297 e. The van der Waals surface area contributed by atoms with E-state index < -0.39 is 0 Å². The second-order valence-corrected chi connectivity index (χ2v) is 4.31. The van der Waals surface area contributed by atoms with E-state index in [1.54, 1.807) is 0 Å². The van der Waals surface area contributed by atoms with E-state index in [1.165, 1.54) is 11.1 Å². The van der Waals surface area contributed by atoms with Gasteiger partial charge in [-0.05, 0) is 36.6 Å². The van der Waals surface area contributed by atoms with Gasteiger partial charge in [-0.2, -0.15) is 0 Å². The molecule has 2 N–H and O–H groups in total. The molecular formula is C11H16BrN. The van der Waals surface area contributed by atoms with Crippen molar-refractivity contribution in [2.45, 2.75) is 32.7 Å². The van der Waals surface area contributed by atoms with Crippen molar-refractivity contribution in [3.8, 4) is 0 Å². The van der Waals surface area contributed by atoms with Crippen molar-refractivity contribution >= 4 is 15.9 Å². The molecule has 0 fully saturated rings. The van der Waals surface area contributed by atoms with Crippen LogP contribution >= 0.6 is 15.9 Å². The first-order valence-corrected chi connectivity index (χ1v) is 5.46. The van der Waals surface area contributed by atoms with Crippen LogP contribution in [-0.2, 0) is 0 Å². The lowest BCUT2D eigenvalue weighted by molar-refractivity contribution is 0.635. The number of rotatable bonds is 3. The average Bonchev–Trinajstić information content (AvgIpc) is 2.09. The predicted molar refractivity (Wildman–Crippen MR) is 60.7 cm³/mol. The quantitative estimate of drug-likeness (QED) is 0.861. The molecule has 0 aromatic heterocycles. The third-order valence-electron chi connectivity index (χ3n) is 2.24. The van der Waals surface area contributed by atoms with Gasteiger partial charge in [0.05, 0.1) is 0 Å². The summed E-state index contributed by atoms with van der Waals surface area (Å²) < 4.78 is 1.11. The summed E-state index contributed by atoms with van der Waals surface area (Å²) >= 11 is 3.46. The summed E-state index contributed by atoms with van der Waals surface area (Å²) in [5.41, 5.74) is 8.60. The van der Waals surface area contributed by atoms with Crippen LogP contribution in [0.3, 0.4) is 0 Å². The van der Waals surface area contributed by atoms with E-state index in [9.17, 15) is 0 Å². The molecule has 1 aromatic carbocycles. The summed E-state index contributed by atoms with van der Waals surface area (Å²) in [4.78, 5) is 0. The molecule has 0 aliphatic rings. The lowest BCUT2D eigenvalue weighted by Crippen LogP contribution is -2.11. The molecule has 0 saturated carbocycles. The third kappa shape index (κ3) is 2.82. The molecule has 2 heteroatoms. The zero-order chi connectivity index (χ0) is 9.84. The first kappa shape index (κ1) is 10.7. The molecule has 0 heterocycles. The fourth-order valence-corrected chi connectivity index (χ4v) is 1.86. The molecule has 0 unspecified atom stereocenters. The highest BCUT2D eigenvalue weighted by Gasteiger charge is 2.07. The topological polar surface area (TPSA) is 26.0 Å². The summed E-state index contributed by atoms with van der Waals surface area (Å²) in [7, 11) is 0. The van der Waals surface area contributed by atoms with Gasteiger partial charge in [0.2, 0.25) is 0 Å². The Morgan fingerprint density at radius 2 is 2.15 bits per heavy atom. The summed E-state index contributed by atoms with van der Waals surface area (Å²) in [6.45, 7) is 4.27. The molecule has 1 rings (SSSR count). The highest BCUT2D eigenvalue weighted by molar-refractivity contribution is 9.10. The van der Waals surface area contributed by atoms with E-state index in [2.05, 4.69) is 48.0 Å². The molecule has 0 amide bonds. The van der Waals surface area contributed by atoms with Crippen molar-refractivity contribution in [1.82, 2.24) is 0 Å². The molecule has 0 bridgehead atoms. The van der Waals surface area contributed by atoms with E-state index in [-0.39, 0.29) is 6.04 Å². The lowest BCUT2D eigenvalue weighted by Gasteiger charge is -2.13. The second kappa shape index (κ2) is 4.77. The van der Waals surface area contributed by atoms with Crippen molar-refractivity contribution in [2.75, 3.05) is 0 Å². The maximum absolute atomic E-state index is 6.05. The third-order valence-corrected chi connectivity index (χ3v) is 2.73. The van der Waals surface area contributed by atoms with E-state index in [4.69, 9.17) is 5.73 Å². The molecule has 0 aliphatic heterocycles. The van der Waals surface area contributed by atoms with Crippen LogP contribution in [0, 0.1) is 6.92 Å². The van der Waals surface area contributed by atoms with Gasteiger partial charge in [-0.25, -0.2) is 0 Å². The fraction of sp³-hybridized carbons (Fsp3) is 0.455. The number of hydrogen-bond donors (Lipinski definition) is 1. The highest BCUT2D eigenvalue weighted by atomic mass is 79.9. The molecular weight excluding hydrogens is 226 g/mol. The molecule has 0 aliphatic carbocycles. The lowest BCUT2D eigenvalue weighted by atomic mass is 9.99. The van der Waals surface area contributed by atoms with Gasteiger partial charge in [-0.3, -0.25) is 0 Å². The highest BCUT2D eigenvalue weighted by Crippen LogP contribution is 2.23. The van der Waals surface area contributed by atoms with Gasteiger partial charge in [0.15, 0.2) is 0 Å². The Labute approximate surface area is 88.5 Å². The SMILES string of the molecule is CCC[C@@H](N)c1cc(Br)ccc1C. The van der Waals surface area contributed by atoms with Crippen molar-refractivity contribution in [3.63, 3.8) is 0 Å². The number of benzene rings is 1. The van der Waals surface area contributed by atoms with Crippen LogP contribution < -0.4 is 5.73 Å². The average molecular weight is 242 g/mol. The molecule has 0 saturated heterocycles. The molecule has 72 valence electrons. The van der Waals surface area contributed by atoms with Crippen LogP contribution in [0.4, 0.5) is 0 Å². The first-order valence-electron chi connectivity index (χ1n) is 4.66. The van der Waals surface area contributed by atoms with Crippen LogP contribution in [0.15, 0.2) is 22.7 Å². The van der Waals surface area contributed by atoms with Crippen LogP contribution in [0.2, 0.25) is 0 Å². The number of halogens is 1. The number of hydrogen-bond acceptors (Lipinski definition) is 1. The Morgan fingerprint density at radius 1 is 1.46 bits per heavy atom. The van der Waals surface area contributed by atoms with Crippen LogP contribution in [0.1, 0.15) is 36.9 Å². The zero-order valence-electron chi connectivity index (χ0n) is 8.18. The van der Waals surface area contributed by atoms with E-state index >= 15 is 0 Å². The Kier molecular flexibility index (Phi) is 3.94. The molecule has 1 atom stereocenters. The Bertz CT molecular complexity index is 283. The molecule has 1 aromatic rings. The largest absolute Gasteiger partial charge is 0.324 e. The Hall–Kier alpha value is -0.340. The predicted octanol–water partition coefficient (Wildman–Crippen LogP) is 3.56. The monoisotopic (exact) mass is 241 g/mol. The Balaban J connectivity index is 2.91. The smallest absolute Gasteiger partial charge is 0.0297 e. The second-order valence-electron chi connectivity index (χ2n) is 3.40. The summed E-state index contributed by atoms with van der Waals surface area (Å²) in [5, 5.41) is 0. The van der Waals surface area contributed by atoms with Gasteiger partial charge in [0, 0.05) is 10.5 Å². The molecule has 1 nitrogen and oxygen atoms in total. The van der Waals surface area contributed by atoms with E-state index in [0.717, 1.165) is 17.3 Å². The first-order chi connectivity index (χ1) is 6.15. The van der Waals surface area contributed by atoms with Gasteiger partial charge in [-0.1, -0.05) is 35.3 Å². The summed E-state index contributed by atoms with van der Waals surface area (Å²) in [6.07, 6.45) is 2.18. The van der Waals surface area contributed by atoms with Crippen LogP contribution in [0.5, 0.6) is 0 Å². The van der Waals surface area contributed by atoms with Crippen molar-refractivity contribution in [3.05, 3.63) is 33.8 Å². The van der Waals surface area contributed by atoms with Gasteiger partial charge in [-0.15, -0.1) is 0 Å². The minimum atomic E-state index is 0.183. The normalized spacial score (nSPS) is 12.9. The standard InChI is InChI=1S/C11H16BrN/c1-3-4-11(13)10-7-9(12)6-5-8(10)2/h5-7,11H,3-4,13H2,1-2H3/t11-/m1/s1. The summed E-state index contributed by atoms with van der Waals surface area (Å²) in [6, 6.07) is 6.46. The van der Waals surface area contributed by atoms with Crippen LogP contribution in [-0.4, -0.2) is 0 Å². The minimum Gasteiger partial charge on any atom is -0.324 e. The zero-order valence-corrected chi connectivity index (χ0v) is 9.76. The Morgan fingerprint density at radius 3 is 2.77 bits per heavy atom. The van der Waals surface area contributed by atoms with Gasteiger partial charge >= 0.3 is 0 Å². The number of aryl methyl sites for hydroxylation is 1. The molecule has 13 heavy (non-hydrogen) atoms. The van der Waals surface area contributed by atoms with E-state index in [0.29, 0.717) is 0 Å². The van der Waals surface area contributed by atoms with Gasteiger partial charge in [0.25, 0.3) is 0 Å². The van der Waals surface area contributed by atoms with Gasteiger partial charge < -0.3 is 5.73 Å².